The molecule has 1 N–H and O–H groups in total. The van der Waals surface area contributed by atoms with Gasteiger partial charge < -0.3 is 5.11 Å². The predicted molar refractivity (Wildman–Crippen MR) is 57.8 cm³/mol. The standard InChI is InChI=1S/C9H7BrClF2NO2/c10-8-5(9(12)13)1-4(2-7(15)16)14-6(8)3-11/h1,9H,2-3H2,(H,15,16). The first-order valence-electron chi connectivity index (χ1n) is 4.19. The number of aliphatic carboxylic acids is 1. The molecule has 7 heteroatoms. The molecular weight excluding hydrogens is 307 g/mol. The minimum Gasteiger partial charge on any atom is -0.481 e. The zero-order valence-corrected chi connectivity index (χ0v) is 10.2. The van der Waals surface area contributed by atoms with Crippen molar-refractivity contribution in [1.82, 2.24) is 4.98 Å². The highest BCUT2D eigenvalue weighted by atomic mass is 79.9. The summed E-state index contributed by atoms with van der Waals surface area (Å²) in [7, 11) is 0. The minimum absolute atomic E-state index is 0.0617. The third kappa shape index (κ3) is 3.12. The van der Waals surface area contributed by atoms with Crippen LogP contribution in [0, 0.1) is 0 Å². The molecule has 0 aliphatic rings. The van der Waals surface area contributed by atoms with E-state index in [1.165, 1.54) is 0 Å². The lowest BCUT2D eigenvalue weighted by atomic mass is 10.1. The van der Waals surface area contributed by atoms with Crippen LogP contribution in [0.2, 0.25) is 0 Å². The molecule has 0 aromatic carbocycles. The van der Waals surface area contributed by atoms with Crippen molar-refractivity contribution >= 4 is 33.5 Å². The summed E-state index contributed by atoms with van der Waals surface area (Å²) >= 11 is 8.50. The lowest BCUT2D eigenvalue weighted by Crippen LogP contribution is -2.06. The van der Waals surface area contributed by atoms with Gasteiger partial charge in [-0.1, -0.05) is 0 Å². The zero-order chi connectivity index (χ0) is 12.3. The van der Waals surface area contributed by atoms with Gasteiger partial charge in [-0.25, -0.2) is 8.78 Å². The quantitative estimate of drug-likeness (QED) is 0.869. The highest BCUT2D eigenvalue weighted by Crippen LogP contribution is 2.30. The number of carboxylic acid groups (broad SMARTS) is 1. The number of alkyl halides is 3. The molecule has 1 aromatic rings. The van der Waals surface area contributed by atoms with Crippen LogP contribution in [-0.4, -0.2) is 16.1 Å². The number of hydrogen-bond acceptors (Lipinski definition) is 2. The number of hydrogen-bond donors (Lipinski definition) is 1. The van der Waals surface area contributed by atoms with E-state index in [0.717, 1.165) is 6.07 Å². The summed E-state index contributed by atoms with van der Waals surface area (Å²) in [6, 6.07) is 1.07. The van der Waals surface area contributed by atoms with Crippen LogP contribution >= 0.6 is 27.5 Å². The van der Waals surface area contributed by atoms with E-state index in [-0.39, 0.29) is 27.3 Å². The first-order valence-corrected chi connectivity index (χ1v) is 5.52. The van der Waals surface area contributed by atoms with Crippen molar-refractivity contribution in [3.63, 3.8) is 0 Å². The van der Waals surface area contributed by atoms with Crippen LogP contribution < -0.4 is 0 Å². The van der Waals surface area contributed by atoms with Crippen LogP contribution in [0.15, 0.2) is 10.5 Å². The second-order valence-corrected chi connectivity index (χ2v) is 4.03. The fourth-order valence-corrected chi connectivity index (χ4v) is 2.03. The van der Waals surface area contributed by atoms with Gasteiger partial charge in [0, 0.05) is 10.0 Å². The summed E-state index contributed by atoms with van der Waals surface area (Å²) in [5.74, 6) is -1.19. The molecule has 0 saturated heterocycles. The van der Waals surface area contributed by atoms with E-state index in [1.807, 2.05) is 0 Å². The molecule has 0 aliphatic heterocycles. The Morgan fingerprint density at radius 2 is 2.25 bits per heavy atom. The fourth-order valence-electron chi connectivity index (χ4n) is 1.16. The Balaban J connectivity index is 3.22. The van der Waals surface area contributed by atoms with Gasteiger partial charge in [0.2, 0.25) is 0 Å². The van der Waals surface area contributed by atoms with E-state index in [0.29, 0.717) is 0 Å². The molecule has 0 saturated carbocycles. The summed E-state index contributed by atoms with van der Waals surface area (Å²) in [4.78, 5) is 14.3. The molecule has 1 aromatic heterocycles. The van der Waals surface area contributed by atoms with Crippen molar-refractivity contribution in [3.05, 3.63) is 27.5 Å². The van der Waals surface area contributed by atoms with Gasteiger partial charge in [-0.2, -0.15) is 0 Å². The van der Waals surface area contributed by atoms with Crippen molar-refractivity contribution in [2.24, 2.45) is 0 Å². The van der Waals surface area contributed by atoms with Crippen LogP contribution in [0.5, 0.6) is 0 Å². The maximum atomic E-state index is 12.6. The third-order valence-corrected chi connectivity index (χ3v) is 2.97. The van der Waals surface area contributed by atoms with Crippen LogP contribution in [0.4, 0.5) is 8.78 Å². The molecule has 0 unspecified atom stereocenters. The molecule has 16 heavy (non-hydrogen) atoms. The number of pyridine rings is 1. The average molecular weight is 315 g/mol. The molecule has 0 bridgehead atoms. The van der Waals surface area contributed by atoms with Gasteiger partial charge in [-0.3, -0.25) is 9.78 Å². The molecule has 0 amide bonds. The molecule has 0 radical (unpaired) electrons. The number of carbonyl (C=O) groups is 1. The van der Waals surface area contributed by atoms with Crippen LogP contribution in [0.25, 0.3) is 0 Å². The Bertz CT molecular complexity index is 415. The second-order valence-electron chi connectivity index (χ2n) is 2.97. The number of halogens is 4. The topological polar surface area (TPSA) is 50.2 Å². The van der Waals surface area contributed by atoms with Gasteiger partial charge in [0.25, 0.3) is 6.43 Å². The summed E-state index contributed by atoms with van der Waals surface area (Å²) < 4.78 is 25.4. The first-order chi connectivity index (χ1) is 7.45. The van der Waals surface area contributed by atoms with Gasteiger partial charge >= 0.3 is 5.97 Å². The lowest BCUT2D eigenvalue weighted by Gasteiger charge is -2.09. The second kappa shape index (κ2) is 5.54. The third-order valence-electron chi connectivity index (χ3n) is 1.80. The van der Waals surface area contributed by atoms with E-state index in [4.69, 9.17) is 16.7 Å². The smallest absolute Gasteiger partial charge is 0.309 e. The maximum Gasteiger partial charge on any atom is 0.309 e. The van der Waals surface area contributed by atoms with Crippen LogP contribution in [0.3, 0.4) is 0 Å². The Labute approximate surface area is 104 Å². The Kier molecular flexibility index (Phi) is 4.61. The summed E-state index contributed by atoms with van der Waals surface area (Å²) in [6.45, 7) is 0. The molecule has 0 atom stereocenters. The predicted octanol–water partition coefficient (Wildman–Crippen LogP) is 3.15. The highest BCUT2D eigenvalue weighted by molar-refractivity contribution is 9.10. The lowest BCUT2D eigenvalue weighted by molar-refractivity contribution is -0.136. The molecule has 1 heterocycles. The van der Waals surface area contributed by atoms with Gasteiger partial charge in [0.05, 0.1) is 23.7 Å². The maximum absolute atomic E-state index is 12.6. The number of rotatable bonds is 4. The molecule has 3 nitrogen and oxygen atoms in total. The van der Waals surface area contributed by atoms with Crippen LogP contribution in [0.1, 0.15) is 23.4 Å². The number of carboxylic acids is 1. The Morgan fingerprint density at radius 1 is 1.62 bits per heavy atom. The average Bonchev–Trinajstić information content (AvgIpc) is 2.19. The van der Waals surface area contributed by atoms with Crippen molar-refractivity contribution < 1.29 is 18.7 Å². The molecule has 0 spiro atoms. The monoisotopic (exact) mass is 313 g/mol. The van der Waals surface area contributed by atoms with Gasteiger partial charge in [0.15, 0.2) is 0 Å². The highest BCUT2D eigenvalue weighted by Gasteiger charge is 2.18. The normalized spacial score (nSPS) is 10.8. The van der Waals surface area contributed by atoms with Gasteiger partial charge in [-0.15, -0.1) is 11.6 Å². The van der Waals surface area contributed by atoms with Crippen molar-refractivity contribution in [3.8, 4) is 0 Å². The number of nitrogens with zero attached hydrogens (tertiary/aromatic N) is 1. The summed E-state index contributed by atoms with van der Waals surface area (Å²) in [6.07, 6.45) is -3.11. The van der Waals surface area contributed by atoms with E-state index in [9.17, 15) is 13.6 Å². The molecule has 0 aliphatic carbocycles. The molecule has 88 valence electrons. The van der Waals surface area contributed by atoms with E-state index < -0.39 is 18.8 Å². The zero-order valence-electron chi connectivity index (χ0n) is 7.88. The molecular formula is C9H7BrClF2NO2. The summed E-state index contributed by atoms with van der Waals surface area (Å²) in [5, 5.41) is 8.56. The minimum atomic E-state index is -2.70. The van der Waals surface area contributed by atoms with Crippen molar-refractivity contribution in [1.29, 1.82) is 0 Å². The summed E-state index contributed by atoms with van der Waals surface area (Å²) in [5.41, 5.74) is -0.000679. The van der Waals surface area contributed by atoms with Crippen LogP contribution in [-0.2, 0) is 17.1 Å². The first kappa shape index (κ1) is 13.3. The SMILES string of the molecule is O=C(O)Cc1cc(C(F)F)c(Br)c(CCl)n1. The van der Waals surface area contributed by atoms with Crippen molar-refractivity contribution in [2.75, 3.05) is 0 Å². The Hall–Kier alpha value is -0.750. The van der Waals surface area contributed by atoms with E-state index >= 15 is 0 Å². The van der Waals surface area contributed by atoms with E-state index in [1.54, 1.807) is 0 Å². The largest absolute Gasteiger partial charge is 0.481 e. The van der Waals surface area contributed by atoms with Crippen molar-refractivity contribution in [2.45, 2.75) is 18.7 Å². The fraction of sp³-hybridized carbons (Fsp3) is 0.333. The van der Waals surface area contributed by atoms with Gasteiger partial charge in [-0.05, 0) is 22.0 Å². The molecule has 1 rings (SSSR count). The molecule has 0 fully saturated rings. The Morgan fingerprint density at radius 3 is 2.69 bits per heavy atom. The van der Waals surface area contributed by atoms with Gasteiger partial charge in [0.1, 0.15) is 0 Å². The number of aromatic nitrogens is 1. The van der Waals surface area contributed by atoms with E-state index in [2.05, 4.69) is 20.9 Å².